The average molecular weight is 1040 g/mol. The van der Waals surface area contributed by atoms with Crippen LogP contribution in [-0.4, -0.2) is 47.4 Å². The number of nitrogens with one attached hydrogen (secondary N) is 1. The first-order chi connectivity index (χ1) is 36.5. The molecule has 0 rings (SSSR count). The van der Waals surface area contributed by atoms with Crippen molar-refractivity contribution in [3.05, 3.63) is 12.2 Å². The Balaban J connectivity index is 3.41. The lowest BCUT2D eigenvalue weighted by molar-refractivity contribution is -0.143. The van der Waals surface area contributed by atoms with Gasteiger partial charge in [0, 0.05) is 12.8 Å². The maximum absolute atomic E-state index is 12.5. The molecule has 6 nitrogen and oxygen atoms in total. The molecular weight excluding hydrogens is 911 g/mol. The van der Waals surface area contributed by atoms with Crippen molar-refractivity contribution in [3.8, 4) is 0 Å². The number of hydrogen-bond donors (Lipinski definition) is 3. The molecule has 440 valence electrons. The monoisotopic (exact) mass is 1040 g/mol. The number of aliphatic hydroxyl groups is 2. The van der Waals surface area contributed by atoms with Crippen LogP contribution in [0.1, 0.15) is 386 Å². The fourth-order valence-corrected chi connectivity index (χ4v) is 10.9. The van der Waals surface area contributed by atoms with Gasteiger partial charge in [-0.25, -0.2) is 0 Å². The molecule has 0 aliphatic heterocycles. The predicted octanol–water partition coefficient (Wildman–Crippen LogP) is 21.6. The Morgan fingerprint density at radius 1 is 0.365 bits per heavy atom. The van der Waals surface area contributed by atoms with Crippen molar-refractivity contribution in [2.75, 3.05) is 13.2 Å². The number of hydrogen-bond acceptors (Lipinski definition) is 5. The Morgan fingerprint density at radius 3 is 0.919 bits per heavy atom. The lowest BCUT2D eigenvalue weighted by Crippen LogP contribution is -2.45. The smallest absolute Gasteiger partial charge is 0.305 e. The summed E-state index contributed by atoms with van der Waals surface area (Å²) >= 11 is 0. The summed E-state index contributed by atoms with van der Waals surface area (Å²) in [6.45, 7) is 4.94. The highest BCUT2D eigenvalue weighted by molar-refractivity contribution is 5.76. The van der Waals surface area contributed by atoms with Crippen molar-refractivity contribution < 1.29 is 24.5 Å². The Labute approximate surface area is 463 Å². The van der Waals surface area contributed by atoms with Crippen LogP contribution < -0.4 is 5.32 Å². The molecule has 0 aromatic rings. The molecular formula is C68H133NO5. The van der Waals surface area contributed by atoms with Gasteiger partial charge in [-0.2, -0.15) is 0 Å². The van der Waals surface area contributed by atoms with Gasteiger partial charge in [-0.15, -0.1) is 0 Å². The molecule has 0 aromatic carbocycles. The third-order valence-corrected chi connectivity index (χ3v) is 16.1. The molecule has 2 unspecified atom stereocenters. The molecule has 6 heteroatoms. The fraction of sp³-hybridized carbons (Fsp3) is 0.941. The van der Waals surface area contributed by atoms with Crippen LogP contribution in [0.4, 0.5) is 0 Å². The SMILES string of the molecule is CCCCCCCCCCCCCCCCCCCCCCCC/C=C/C(O)C(CO)NC(=O)CCCCCCCCCCCCCCCCCCCCCCCCOC(=O)CCCCCCCCCCCCC. The zero-order chi connectivity index (χ0) is 53.6. The van der Waals surface area contributed by atoms with E-state index < -0.39 is 12.1 Å². The minimum atomic E-state index is -0.845. The number of carbonyl (C=O) groups excluding carboxylic acids is 2. The minimum Gasteiger partial charge on any atom is -0.466 e. The summed E-state index contributed by atoms with van der Waals surface area (Å²) in [7, 11) is 0. The van der Waals surface area contributed by atoms with Gasteiger partial charge in [-0.05, 0) is 32.1 Å². The van der Waals surface area contributed by atoms with Gasteiger partial charge in [0.2, 0.25) is 5.91 Å². The summed E-state index contributed by atoms with van der Waals surface area (Å²) in [5.41, 5.74) is 0. The molecule has 0 bridgehead atoms. The van der Waals surface area contributed by atoms with Crippen LogP contribution in [0.5, 0.6) is 0 Å². The third-order valence-electron chi connectivity index (χ3n) is 16.1. The molecule has 3 N–H and O–H groups in total. The lowest BCUT2D eigenvalue weighted by atomic mass is 10.0. The van der Waals surface area contributed by atoms with Crippen molar-refractivity contribution in [1.82, 2.24) is 5.32 Å². The Kier molecular flexibility index (Phi) is 62.9. The number of aliphatic hydroxyl groups excluding tert-OH is 2. The van der Waals surface area contributed by atoms with Crippen molar-refractivity contribution in [2.45, 2.75) is 398 Å². The molecule has 1 amide bonds. The molecule has 0 radical (unpaired) electrons. The van der Waals surface area contributed by atoms with Crippen LogP contribution in [0.3, 0.4) is 0 Å². The number of carbonyl (C=O) groups is 2. The second kappa shape index (κ2) is 64.1. The number of esters is 1. The van der Waals surface area contributed by atoms with Crippen molar-refractivity contribution in [1.29, 1.82) is 0 Å². The predicted molar refractivity (Wildman–Crippen MR) is 324 cm³/mol. The Morgan fingerprint density at radius 2 is 0.622 bits per heavy atom. The normalized spacial score (nSPS) is 12.5. The summed E-state index contributed by atoms with van der Waals surface area (Å²) < 4.78 is 5.47. The van der Waals surface area contributed by atoms with E-state index in [0.717, 1.165) is 38.5 Å². The van der Waals surface area contributed by atoms with Crippen LogP contribution in [0, 0.1) is 0 Å². The number of rotatable bonds is 64. The molecule has 0 spiro atoms. The van der Waals surface area contributed by atoms with E-state index in [2.05, 4.69) is 19.2 Å². The van der Waals surface area contributed by atoms with E-state index >= 15 is 0 Å². The number of unbranched alkanes of at least 4 members (excludes halogenated alkanes) is 53. The molecule has 74 heavy (non-hydrogen) atoms. The Bertz CT molecular complexity index is 1110. The van der Waals surface area contributed by atoms with E-state index in [4.69, 9.17) is 4.74 Å². The van der Waals surface area contributed by atoms with Crippen LogP contribution in [-0.2, 0) is 14.3 Å². The third kappa shape index (κ3) is 59.8. The molecule has 0 aliphatic rings. The Hall–Kier alpha value is -1.40. The van der Waals surface area contributed by atoms with Gasteiger partial charge >= 0.3 is 5.97 Å². The van der Waals surface area contributed by atoms with Crippen LogP contribution >= 0.6 is 0 Å². The highest BCUT2D eigenvalue weighted by atomic mass is 16.5. The van der Waals surface area contributed by atoms with E-state index in [1.54, 1.807) is 6.08 Å². The van der Waals surface area contributed by atoms with Crippen molar-refractivity contribution in [3.63, 3.8) is 0 Å². The van der Waals surface area contributed by atoms with Gasteiger partial charge in [-0.3, -0.25) is 9.59 Å². The van der Waals surface area contributed by atoms with Gasteiger partial charge in [0.15, 0.2) is 0 Å². The van der Waals surface area contributed by atoms with Gasteiger partial charge in [0.25, 0.3) is 0 Å². The quantitative estimate of drug-likeness (QED) is 0.0320. The second-order valence-electron chi connectivity index (χ2n) is 23.5. The first kappa shape index (κ1) is 72.6. The van der Waals surface area contributed by atoms with Crippen LogP contribution in [0.25, 0.3) is 0 Å². The molecule has 0 aliphatic carbocycles. The summed E-state index contributed by atoms with van der Waals surface area (Å²) in [6.07, 6.45) is 78.5. The summed E-state index contributed by atoms with van der Waals surface area (Å²) in [5, 5.41) is 23.3. The van der Waals surface area contributed by atoms with Gasteiger partial charge in [-0.1, -0.05) is 353 Å². The molecule has 0 aromatic heterocycles. The fourth-order valence-electron chi connectivity index (χ4n) is 10.9. The zero-order valence-corrected chi connectivity index (χ0v) is 50.4. The maximum atomic E-state index is 12.5. The van der Waals surface area contributed by atoms with E-state index in [1.807, 2.05) is 6.08 Å². The highest BCUT2D eigenvalue weighted by Crippen LogP contribution is 2.19. The van der Waals surface area contributed by atoms with Gasteiger partial charge in [0.05, 0.1) is 25.4 Å². The van der Waals surface area contributed by atoms with E-state index in [1.165, 1.54) is 321 Å². The molecule has 0 fully saturated rings. The van der Waals surface area contributed by atoms with Gasteiger partial charge < -0.3 is 20.3 Å². The lowest BCUT2D eigenvalue weighted by Gasteiger charge is -2.20. The highest BCUT2D eigenvalue weighted by Gasteiger charge is 2.18. The van der Waals surface area contributed by atoms with Crippen molar-refractivity contribution >= 4 is 11.9 Å². The van der Waals surface area contributed by atoms with Crippen LogP contribution in [0.2, 0.25) is 0 Å². The van der Waals surface area contributed by atoms with Gasteiger partial charge in [0.1, 0.15) is 0 Å². The number of allylic oxidation sites excluding steroid dienone is 1. The summed E-state index contributed by atoms with van der Waals surface area (Å²) in [5.74, 6) is -0.0499. The first-order valence-corrected chi connectivity index (χ1v) is 34.0. The van der Waals surface area contributed by atoms with Crippen LogP contribution in [0.15, 0.2) is 12.2 Å². The van der Waals surface area contributed by atoms with E-state index in [9.17, 15) is 19.8 Å². The topological polar surface area (TPSA) is 95.9 Å². The number of amides is 1. The zero-order valence-electron chi connectivity index (χ0n) is 50.4. The molecule has 0 heterocycles. The average Bonchev–Trinajstić information content (AvgIpc) is 3.40. The molecule has 2 atom stereocenters. The minimum absolute atomic E-state index is 0.0134. The van der Waals surface area contributed by atoms with E-state index in [-0.39, 0.29) is 18.5 Å². The van der Waals surface area contributed by atoms with Crippen molar-refractivity contribution in [2.24, 2.45) is 0 Å². The summed E-state index contributed by atoms with van der Waals surface area (Å²) in [4.78, 5) is 24.5. The summed E-state index contributed by atoms with van der Waals surface area (Å²) in [6, 6.07) is -0.628. The standard InChI is InChI=1S/C68H133NO5/c1-3-5-7-9-11-13-15-16-17-18-19-20-21-22-25-28-31-34-37-41-44-48-52-56-60-66(71)65(64-70)69-67(72)61-57-53-49-45-42-38-35-32-29-26-23-24-27-30-33-36-39-43-47-51-55-59-63-74-68(73)62-58-54-50-46-40-14-12-10-8-6-4-2/h56,60,65-66,70-71H,3-55,57-59,61-64H2,1-2H3,(H,69,72)/b60-56+. The van der Waals surface area contributed by atoms with E-state index in [0.29, 0.717) is 19.4 Å². The first-order valence-electron chi connectivity index (χ1n) is 34.0. The molecule has 0 saturated heterocycles. The number of ether oxygens (including phenoxy) is 1. The largest absolute Gasteiger partial charge is 0.466 e. The maximum Gasteiger partial charge on any atom is 0.305 e. The molecule has 0 saturated carbocycles. The second-order valence-corrected chi connectivity index (χ2v) is 23.5.